The molecule has 0 saturated heterocycles. The lowest BCUT2D eigenvalue weighted by molar-refractivity contribution is 0.702. The maximum Gasteiger partial charge on any atom is 0.163 e. The zero-order chi connectivity index (χ0) is 12.8. The van der Waals surface area contributed by atoms with Gasteiger partial charge in [0.25, 0.3) is 0 Å². The third-order valence-corrected chi connectivity index (χ3v) is 9.34. The predicted octanol–water partition coefficient (Wildman–Crippen LogP) is 2.15. The molecule has 0 aliphatic heterocycles. The highest BCUT2D eigenvalue weighted by atomic mass is 28.3. The number of hydrogen-bond donors (Lipinski definition) is 0. The van der Waals surface area contributed by atoms with Crippen LogP contribution >= 0.6 is 0 Å². The van der Waals surface area contributed by atoms with Crippen molar-refractivity contribution in [2.45, 2.75) is 38.9 Å². The first-order chi connectivity index (χ1) is 7.73. The monoisotopic (exact) mass is 244 g/mol. The van der Waals surface area contributed by atoms with Crippen LogP contribution in [-0.2, 0) is 0 Å². The third-order valence-electron chi connectivity index (χ3n) is 4.10. The van der Waals surface area contributed by atoms with Crippen LogP contribution in [0.5, 0.6) is 0 Å². The molecule has 0 spiro atoms. The molecule has 2 nitrogen and oxygen atoms in total. The van der Waals surface area contributed by atoms with Crippen LogP contribution in [-0.4, -0.2) is 25.3 Å². The lowest BCUT2D eigenvalue weighted by Gasteiger charge is -2.38. The van der Waals surface area contributed by atoms with Gasteiger partial charge >= 0.3 is 0 Å². The van der Waals surface area contributed by atoms with Gasteiger partial charge in [0.05, 0.1) is 0 Å². The summed E-state index contributed by atoms with van der Waals surface area (Å²) in [5.41, 5.74) is 2.37. The molecule has 2 rings (SSSR count). The van der Waals surface area contributed by atoms with Gasteiger partial charge in [0.2, 0.25) is 0 Å². The van der Waals surface area contributed by atoms with E-state index in [-0.39, 0.29) is 0 Å². The smallest absolute Gasteiger partial charge is 0.163 e. The van der Waals surface area contributed by atoms with Crippen LogP contribution < -0.4 is 5.46 Å². The van der Waals surface area contributed by atoms with E-state index in [4.69, 9.17) is 0 Å². The maximum absolute atomic E-state index is 4.62. The SMILES string of the molecule is Bc1cnc2c(ccn2[Si](C)(C)C(C)(C)C)c1. The summed E-state index contributed by atoms with van der Waals surface area (Å²) in [5.74, 6) is 0. The molecule has 2 aromatic heterocycles. The average Bonchev–Trinajstić information content (AvgIpc) is 2.58. The number of nitrogens with zero attached hydrogens (tertiary/aromatic N) is 2. The highest BCUT2D eigenvalue weighted by molar-refractivity contribution is 6.79. The van der Waals surface area contributed by atoms with Crippen molar-refractivity contribution < 1.29 is 0 Å². The molecule has 0 aliphatic carbocycles. The first-order valence-electron chi connectivity index (χ1n) is 6.18. The van der Waals surface area contributed by atoms with E-state index in [1.54, 1.807) is 0 Å². The minimum atomic E-state index is -1.56. The largest absolute Gasteiger partial charge is 0.359 e. The molecule has 0 aliphatic rings. The fourth-order valence-corrected chi connectivity index (χ4v) is 3.83. The van der Waals surface area contributed by atoms with Crippen molar-refractivity contribution in [2.24, 2.45) is 0 Å². The number of pyridine rings is 1. The second-order valence-electron chi connectivity index (χ2n) is 6.42. The molecule has 4 heteroatoms. The molecule has 0 atom stereocenters. The molecular weight excluding hydrogens is 223 g/mol. The van der Waals surface area contributed by atoms with Crippen LogP contribution in [0.3, 0.4) is 0 Å². The number of rotatable bonds is 1. The lowest BCUT2D eigenvalue weighted by Crippen LogP contribution is -2.45. The molecule has 0 radical (unpaired) electrons. The van der Waals surface area contributed by atoms with Crippen LogP contribution in [0.25, 0.3) is 11.0 Å². The van der Waals surface area contributed by atoms with Gasteiger partial charge in [-0.15, -0.1) is 0 Å². The molecule has 90 valence electrons. The Morgan fingerprint density at radius 1 is 1.29 bits per heavy atom. The average molecular weight is 244 g/mol. The summed E-state index contributed by atoms with van der Waals surface area (Å²) in [6.07, 6.45) is 4.18. The Balaban J connectivity index is 2.65. The minimum Gasteiger partial charge on any atom is -0.359 e. The molecule has 0 bridgehead atoms. The molecule has 2 heterocycles. The van der Waals surface area contributed by atoms with E-state index in [0.717, 1.165) is 5.65 Å². The van der Waals surface area contributed by atoms with Crippen molar-refractivity contribution in [3.05, 3.63) is 24.5 Å². The summed E-state index contributed by atoms with van der Waals surface area (Å²) in [6.45, 7) is 11.8. The van der Waals surface area contributed by atoms with Gasteiger partial charge < -0.3 is 4.23 Å². The van der Waals surface area contributed by atoms with Crippen LogP contribution in [0.15, 0.2) is 24.5 Å². The zero-order valence-corrected chi connectivity index (χ0v) is 12.7. The Bertz CT molecular complexity index is 552. The van der Waals surface area contributed by atoms with E-state index in [0.29, 0.717) is 5.04 Å². The van der Waals surface area contributed by atoms with Crippen molar-refractivity contribution in [2.75, 3.05) is 0 Å². The molecule has 0 saturated carbocycles. The summed E-state index contributed by atoms with van der Waals surface area (Å²) >= 11 is 0. The lowest BCUT2D eigenvalue weighted by atomic mass is 9.98. The molecular formula is C13H21BN2Si. The zero-order valence-electron chi connectivity index (χ0n) is 11.7. The first-order valence-corrected chi connectivity index (χ1v) is 9.12. The fraction of sp³-hybridized carbons (Fsp3) is 0.462. The first kappa shape index (κ1) is 12.4. The molecule has 17 heavy (non-hydrogen) atoms. The van der Waals surface area contributed by atoms with E-state index in [2.05, 4.69) is 69.3 Å². The van der Waals surface area contributed by atoms with Gasteiger partial charge in [0, 0.05) is 11.6 Å². The number of fused-ring (bicyclic) bond motifs is 1. The van der Waals surface area contributed by atoms with Gasteiger partial charge in [-0.3, -0.25) is 0 Å². The molecule has 0 amide bonds. The highest BCUT2D eigenvalue weighted by Gasteiger charge is 2.38. The molecule has 0 N–H and O–H groups in total. The van der Waals surface area contributed by atoms with Crippen LogP contribution in [0.2, 0.25) is 18.1 Å². The Hall–Kier alpha value is -1.03. The summed E-state index contributed by atoms with van der Waals surface area (Å²) in [5, 5.41) is 1.58. The van der Waals surface area contributed by atoms with Gasteiger partial charge in [-0.1, -0.05) is 45.4 Å². The van der Waals surface area contributed by atoms with Gasteiger partial charge in [0.1, 0.15) is 13.5 Å². The molecule has 0 fully saturated rings. The number of hydrogen-bond acceptors (Lipinski definition) is 1. The van der Waals surface area contributed by atoms with Crippen LogP contribution in [0.1, 0.15) is 20.8 Å². The summed E-state index contributed by atoms with van der Waals surface area (Å²) in [4.78, 5) is 4.62. The summed E-state index contributed by atoms with van der Waals surface area (Å²) < 4.78 is 2.43. The normalized spacial score (nSPS) is 13.2. The van der Waals surface area contributed by atoms with E-state index in [1.165, 1.54) is 10.8 Å². The molecule has 0 unspecified atom stereocenters. The summed E-state index contributed by atoms with van der Waals surface area (Å²) in [6, 6.07) is 4.40. The van der Waals surface area contributed by atoms with Gasteiger partial charge in [-0.2, -0.15) is 0 Å². The fourth-order valence-electron chi connectivity index (χ4n) is 1.95. The minimum absolute atomic E-state index is 0.325. The predicted molar refractivity (Wildman–Crippen MR) is 80.5 cm³/mol. The second-order valence-corrected chi connectivity index (χ2v) is 11.5. The van der Waals surface area contributed by atoms with Crippen molar-refractivity contribution in [3.63, 3.8) is 0 Å². The van der Waals surface area contributed by atoms with Crippen molar-refractivity contribution in [3.8, 4) is 0 Å². The molecule has 0 aromatic carbocycles. The van der Waals surface area contributed by atoms with E-state index in [1.807, 2.05) is 6.20 Å². The van der Waals surface area contributed by atoms with E-state index >= 15 is 0 Å². The Morgan fingerprint density at radius 3 is 2.53 bits per heavy atom. The summed E-state index contributed by atoms with van der Waals surface area (Å²) in [7, 11) is 0.537. The van der Waals surface area contributed by atoms with Crippen LogP contribution in [0, 0.1) is 0 Å². The second kappa shape index (κ2) is 3.74. The van der Waals surface area contributed by atoms with E-state index < -0.39 is 8.24 Å². The third kappa shape index (κ3) is 1.95. The Morgan fingerprint density at radius 2 is 1.94 bits per heavy atom. The Kier molecular flexibility index (Phi) is 2.73. The van der Waals surface area contributed by atoms with Crippen molar-refractivity contribution in [1.82, 2.24) is 9.22 Å². The van der Waals surface area contributed by atoms with Crippen molar-refractivity contribution in [1.29, 1.82) is 0 Å². The topological polar surface area (TPSA) is 17.8 Å². The maximum atomic E-state index is 4.62. The van der Waals surface area contributed by atoms with Gasteiger partial charge in [-0.05, 0) is 17.3 Å². The highest BCUT2D eigenvalue weighted by Crippen LogP contribution is 2.38. The quantitative estimate of drug-likeness (QED) is 0.703. The van der Waals surface area contributed by atoms with Gasteiger partial charge in [0.15, 0.2) is 8.24 Å². The standard InChI is InChI=1S/C13H21BN2Si/c1-13(2,3)17(4,5)16-7-6-10-8-11(14)9-15-12(10)16/h6-9H,14H2,1-5H3. The van der Waals surface area contributed by atoms with Gasteiger partial charge in [-0.25, -0.2) is 4.98 Å². The van der Waals surface area contributed by atoms with Crippen LogP contribution in [0.4, 0.5) is 0 Å². The van der Waals surface area contributed by atoms with E-state index in [9.17, 15) is 0 Å². The number of aromatic nitrogens is 2. The molecule has 2 aromatic rings. The Labute approximate surface area is 106 Å². The van der Waals surface area contributed by atoms with Crippen molar-refractivity contribution >= 4 is 32.6 Å².